The fourth-order valence-electron chi connectivity index (χ4n) is 3.44. The predicted octanol–water partition coefficient (Wildman–Crippen LogP) is 1.19. The van der Waals surface area contributed by atoms with Gasteiger partial charge in [-0.2, -0.15) is 0 Å². The third-order valence-electron chi connectivity index (χ3n) is 4.61. The maximum Gasteiger partial charge on any atom is 0.325 e. The molecule has 0 bridgehead atoms. The number of rotatable bonds is 5. The molecule has 1 aromatic carbocycles. The summed E-state index contributed by atoms with van der Waals surface area (Å²) in [7, 11) is 0. The average molecular weight is 376 g/mol. The van der Waals surface area contributed by atoms with E-state index in [1.54, 1.807) is 23.1 Å². The van der Waals surface area contributed by atoms with Gasteiger partial charge in [0, 0.05) is 18.7 Å². The van der Waals surface area contributed by atoms with Crippen LogP contribution in [-0.4, -0.2) is 55.7 Å². The highest BCUT2D eigenvalue weighted by Crippen LogP contribution is 2.32. The Morgan fingerprint density at radius 3 is 2.59 bits per heavy atom. The summed E-state index contributed by atoms with van der Waals surface area (Å²) < 4.78 is 15.4. The smallest absolute Gasteiger partial charge is 0.325 e. The van der Waals surface area contributed by atoms with Gasteiger partial charge in [-0.15, -0.1) is 0 Å². The number of hydrogen-bond acceptors (Lipinski definition) is 6. The van der Waals surface area contributed by atoms with E-state index in [9.17, 15) is 14.4 Å². The first-order chi connectivity index (χ1) is 12.9. The van der Waals surface area contributed by atoms with E-state index in [1.807, 2.05) is 0 Å². The van der Waals surface area contributed by atoms with Crippen molar-refractivity contribution >= 4 is 17.8 Å². The SMILES string of the molecule is C[C@@H]1C[C@@H](C)CN(C(=O)COC(=O)CNC(=O)c2ccc3c(c2)OCO3)C1. The summed E-state index contributed by atoms with van der Waals surface area (Å²) in [5.41, 5.74) is 0.347. The summed E-state index contributed by atoms with van der Waals surface area (Å²) in [5.74, 6) is 0.644. The van der Waals surface area contributed by atoms with Gasteiger partial charge in [0.25, 0.3) is 11.8 Å². The van der Waals surface area contributed by atoms with Gasteiger partial charge in [-0.05, 0) is 36.5 Å². The lowest BCUT2D eigenvalue weighted by atomic mass is 9.92. The number of nitrogens with one attached hydrogen (secondary N) is 1. The normalized spacial score (nSPS) is 20.9. The van der Waals surface area contributed by atoms with Crippen molar-refractivity contribution in [2.24, 2.45) is 11.8 Å². The molecule has 0 aromatic heterocycles. The highest BCUT2D eigenvalue weighted by atomic mass is 16.7. The Morgan fingerprint density at radius 2 is 1.85 bits per heavy atom. The third kappa shape index (κ3) is 4.90. The first-order valence-corrected chi connectivity index (χ1v) is 9.03. The second-order valence-corrected chi connectivity index (χ2v) is 7.16. The summed E-state index contributed by atoms with van der Waals surface area (Å²) in [4.78, 5) is 37.9. The Balaban J connectivity index is 1.41. The number of nitrogens with zero attached hydrogens (tertiary/aromatic N) is 1. The molecule has 0 spiro atoms. The number of benzene rings is 1. The van der Waals surface area contributed by atoms with E-state index >= 15 is 0 Å². The van der Waals surface area contributed by atoms with Crippen LogP contribution in [0, 0.1) is 11.8 Å². The minimum Gasteiger partial charge on any atom is -0.454 e. The van der Waals surface area contributed by atoms with Crippen molar-refractivity contribution in [1.29, 1.82) is 0 Å². The van der Waals surface area contributed by atoms with E-state index in [4.69, 9.17) is 14.2 Å². The standard InChI is InChI=1S/C19H24N2O6/c1-12-5-13(2)9-21(8-12)17(22)10-25-18(23)7-20-19(24)14-3-4-15-16(6-14)27-11-26-15/h3-4,6,12-13H,5,7-11H2,1-2H3,(H,20,24)/t12-,13-/m1/s1. The molecule has 0 radical (unpaired) electrons. The fourth-order valence-corrected chi connectivity index (χ4v) is 3.44. The van der Waals surface area contributed by atoms with Crippen LogP contribution in [-0.2, 0) is 14.3 Å². The molecule has 1 saturated heterocycles. The molecule has 1 fully saturated rings. The van der Waals surface area contributed by atoms with E-state index in [0.717, 1.165) is 6.42 Å². The highest BCUT2D eigenvalue weighted by Gasteiger charge is 2.26. The number of amides is 2. The van der Waals surface area contributed by atoms with Crippen LogP contribution in [0.5, 0.6) is 11.5 Å². The lowest BCUT2D eigenvalue weighted by Crippen LogP contribution is -2.44. The molecular weight excluding hydrogens is 352 g/mol. The third-order valence-corrected chi connectivity index (χ3v) is 4.61. The van der Waals surface area contributed by atoms with Crippen LogP contribution in [0.3, 0.4) is 0 Å². The molecule has 8 heteroatoms. The van der Waals surface area contributed by atoms with Gasteiger partial charge < -0.3 is 24.4 Å². The monoisotopic (exact) mass is 376 g/mol. The molecule has 2 heterocycles. The Hall–Kier alpha value is -2.77. The summed E-state index contributed by atoms with van der Waals surface area (Å²) in [5, 5.41) is 2.47. The topological polar surface area (TPSA) is 94.2 Å². The highest BCUT2D eigenvalue weighted by molar-refractivity contribution is 5.96. The van der Waals surface area contributed by atoms with Gasteiger partial charge in [0.2, 0.25) is 6.79 Å². The van der Waals surface area contributed by atoms with E-state index in [1.165, 1.54) is 0 Å². The first-order valence-electron chi connectivity index (χ1n) is 9.03. The molecule has 27 heavy (non-hydrogen) atoms. The maximum absolute atomic E-state index is 12.2. The zero-order valence-electron chi connectivity index (χ0n) is 15.5. The predicted molar refractivity (Wildman–Crippen MR) is 95.4 cm³/mol. The van der Waals surface area contributed by atoms with E-state index < -0.39 is 11.9 Å². The number of hydrogen-bond donors (Lipinski definition) is 1. The Kier molecular flexibility index (Phi) is 5.83. The van der Waals surface area contributed by atoms with Crippen LogP contribution in [0.15, 0.2) is 18.2 Å². The molecule has 2 aliphatic rings. The number of carbonyl (C=O) groups is 3. The number of carbonyl (C=O) groups excluding carboxylic acids is 3. The molecule has 2 atom stereocenters. The van der Waals surface area contributed by atoms with Gasteiger partial charge >= 0.3 is 5.97 Å². The number of ether oxygens (including phenoxy) is 3. The van der Waals surface area contributed by atoms with Crippen molar-refractivity contribution in [3.63, 3.8) is 0 Å². The van der Waals surface area contributed by atoms with Crippen molar-refractivity contribution in [1.82, 2.24) is 10.2 Å². The van der Waals surface area contributed by atoms with Gasteiger partial charge in [0.05, 0.1) is 0 Å². The quantitative estimate of drug-likeness (QED) is 0.776. The van der Waals surface area contributed by atoms with Crippen LogP contribution in [0.25, 0.3) is 0 Å². The largest absolute Gasteiger partial charge is 0.454 e. The Labute approximate surface area is 157 Å². The second-order valence-electron chi connectivity index (χ2n) is 7.16. The molecule has 8 nitrogen and oxygen atoms in total. The lowest BCUT2D eigenvalue weighted by Gasteiger charge is -2.34. The molecular formula is C19H24N2O6. The number of piperidine rings is 1. The number of esters is 1. The van der Waals surface area contributed by atoms with Gasteiger partial charge in [-0.1, -0.05) is 13.8 Å². The summed E-state index contributed by atoms with van der Waals surface area (Å²) in [6, 6.07) is 4.76. The second kappa shape index (κ2) is 8.28. The Morgan fingerprint density at radius 1 is 1.15 bits per heavy atom. The summed E-state index contributed by atoms with van der Waals surface area (Å²) >= 11 is 0. The van der Waals surface area contributed by atoms with E-state index in [2.05, 4.69) is 19.2 Å². The zero-order valence-corrected chi connectivity index (χ0v) is 15.5. The van der Waals surface area contributed by atoms with Gasteiger partial charge in [-0.3, -0.25) is 14.4 Å². The summed E-state index contributed by atoms with van der Waals surface area (Å²) in [6.07, 6.45) is 1.09. The van der Waals surface area contributed by atoms with Gasteiger partial charge in [-0.25, -0.2) is 0 Å². The number of likely N-dealkylation sites (tertiary alicyclic amines) is 1. The fraction of sp³-hybridized carbons (Fsp3) is 0.526. The van der Waals surface area contributed by atoms with Gasteiger partial charge in [0.15, 0.2) is 18.1 Å². The molecule has 0 saturated carbocycles. The molecule has 3 rings (SSSR count). The minimum absolute atomic E-state index is 0.120. The minimum atomic E-state index is -0.657. The number of fused-ring (bicyclic) bond motifs is 1. The van der Waals surface area contributed by atoms with E-state index in [-0.39, 0.29) is 25.9 Å². The van der Waals surface area contributed by atoms with Crippen LogP contribution in [0.1, 0.15) is 30.6 Å². The maximum atomic E-state index is 12.2. The molecule has 1 N–H and O–H groups in total. The Bertz CT molecular complexity index is 725. The first kappa shape index (κ1) is 19.0. The van der Waals surface area contributed by atoms with Crippen molar-refractivity contribution < 1.29 is 28.6 Å². The lowest BCUT2D eigenvalue weighted by molar-refractivity contribution is -0.152. The van der Waals surface area contributed by atoms with Crippen molar-refractivity contribution in [3.05, 3.63) is 23.8 Å². The molecule has 2 aliphatic heterocycles. The van der Waals surface area contributed by atoms with Crippen LogP contribution in [0.4, 0.5) is 0 Å². The van der Waals surface area contributed by atoms with Crippen LogP contribution >= 0.6 is 0 Å². The van der Waals surface area contributed by atoms with Gasteiger partial charge in [0.1, 0.15) is 6.54 Å². The van der Waals surface area contributed by atoms with Crippen molar-refractivity contribution in [3.8, 4) is 11.5 Å². The molecule has 146 valence electrons. The summed E-state index contributed by atoms with van der Waals surface area (Å²) in [6.45, 7) is 5.07. The molecule has 0 unspecified atom stereocenters. The molecule has 0 aliphatic carbocycles. The zero-order chi connectivity index (χ0) is 19.4. The van der Waals surface area contributed by atoms with E-state index in [0.29, 0.717) is 42.0 Å². The molecule has 2 amide bonds. The van der Waals surface area contributed by atoms with Crippen molar-refractivity contribution in [2.45, 2.75) is 20.3 Å². The average Bonchev–Trinajstić information content (AvgIpc) is 3.11. The van der Waals surface area contributed by atoms with Crippen molar-refractivity contribution in [2.75, 3.05) is 33.0 Å². The van der Waals surface area contributed by atoms with Crippen LogP contribution < -0.4 is 14.8 Å². The molecule has 1 aromatic rings. The van der Waals surface area contributed by atoms with Crippen LogP contribution in [0.2, 0.25) is 0 Å².